The molecule has 2 N–H and O–H groups in total. The first-order valence-corrected chi connectivity index (χ1v) is 7.16. The molecule has 0 spiro atoms. The van der Waals surface area contributed by atoms with Gasteiger partial charge >= 0.3 is 0 Å². The van der Waals surface area contributed by atoms with E-state index in [-0.39, 0.29) is 6.10 Å². The number of hydrogen-bond donors (Lipinski definition) is 2. The van der Waals surface area contributed by atoms with Crippen molar-refractivity contribution in [3.8, 4) is 0 Å². The maximum absolute atomic E-state index is 11.1. The van der Waals surface area contributed by atoms with E-state index in [4.69, 9.17) is 4.74 Å². The summed E-state index contributed by atoms with van der Waals surface area (Å²) in [5.74, 6) is 1.48. The average molecular weight is 250 g/mol. The number of rotatable bonds is 7. The third-order valence-electron chi connectivity index (χ3n) is 2.60. The van der Waals surface area contributed by atoms with E-state index >= 15 is 0 Å². The van der Waals surface area contributed by atoms with Gasteiger partial charge in [0.25, 0.3) is 0 Å². The first-order chi connectivity index (χ1) is 7.72. The Labute approximate surface area is 99.6 Å². The highest BCUT2D eigenvalue weighted by atomic mass is 32.2. The van der Waals surface area contributed by atoms with Crippen molar-refractivity contribution < 1.29 is 14.1 Å². The second-order valence-electron chi connectivity index (χ2n) is 4.00. The lowest BCUT2D eigenvalue weighted by molar-refractivity contribution is 0.113. The van der Waals surface area contributed by atoms with Gasteiger partial charge in [-0.05, 0) is 0 Å². The molecule has 1 heterocycles. The molecule has 0 aromatic carbocycles. The number of β-amino-alcohol motifs (C(OH)–C–C–N with tert-alkyl or cyclic N) is 1. The molecule has 5 nitrogen and oxygen atoms in total. The predicted octanol–water partition coefficient (Wildman–Crippen LogP) is -1.35. The number of nitrogens with zero attached hydrogens (tertiary/aromatic N) is 1. The lowest BCUT2D eigenvalue weighted by Gasteiger charge is -2.28. The fourth-order valence-electron chi connectivity index (χ4n) is 1.66. The molecule has 1 aliphatic rings. The van der Waals surface area contributed by atoms with Crippen LogP contribution in [-0.4, -0.2) is 78.3 Å². The number of aliphatic hydroxyl groups excluding tert-OH is 1. The zero-order chi connectivity index (χ0) is 11.8. The van der Waals surface area contributed by atoms with Crippen LogP contribution in [0.4, 0.5) is 0 Å². The Balaban J connectivity index is 2.04. The SMILES string of the molecule is COCCNCC(O)CN1CCS(=O)CC1. The standard InChI is InChI=1S/C10H22N2O3S/c1-15-5-2-11-8-10(13)9-12-3-6-16(14)7-4-12/h10-11,13H,2-9H2,1H3. The summed E-state index contributed by atoms with van der Waals surface area (Å²) in [5.41, 5.74) is 0. The van der Waals surface area contributed by atoms with Crippen LogP contribution in [0.1, 0.15) is 0 Å². The molecule has 1 saturated heterocycles. The number of aliphatic hydroxyl groups is 1. The first-order valence-electron chi connectivity index (χ1n) is 5.67. The molecule has 16 heavy (non-hydrogen) atoms. The molecule has 1 atom stereocenters. The molecule has 0 amide bonds. The van der Waals surface area contributed by atoms with Crippen LogP contribution in [-0.2, 0) is 15.5 Å². The minimum absolute atomic E-state index is 0.358. The van der Waals surface area contributed by atoms with Crippen LogP contribution in [0.3, 0.4) is 0 Å². The van der Waals surface area contributed by atoms with Crippen molar-refractivity contribution in [2.24, 2.45) is 0 Å². The van der Waals surface area contributed by atoms with E-state index in [1.165, 1.54) is 0 Å². The van der Waals surface area contributed by atoms with Gasteiger partial charge in [-0.3, -0.25) is 9.11 Å². The second kappa shape index (κ2) is 8.14. The van der Waals surface area contributed by atoms with Crippen LogP contribution >= 0.6 is 0 Å². The molecular formula is C10H22N2O3S. The van der Waals surface area contributed by atoms with Gasteiger partial charge in [0.2, 0.25) is 0 Å². The van der Waals surface area contributed by atoms with Crippen LogP contribution in [0, 0.1) is 0 Å². The summed E-state index contributed by atoms with van der Waals surface area (Å²) in [7, 11) is 1.02. The van der Waals surface area contributed by atoms with E-state index in [1.807, 2.05) is 0 Å². The second-order valence-corrected chi connectivity index (χ2v) is 5.70. The van der Waals surface area contributed by atoms with Gasteiger partial charge in [0, 0.05) is 62.1 Å². The molecule has 1 rings (SSSR count). The summed E-state index contributed by atoms with van der Waals surface area (Å²) in [4.78, 5) is 2.17. The highest BCUT2D eigenvalue weighted by Gasteiger charge is 2.17. The van der Waals surface area contributed by atoms with Gasteiger partial charge in [-0.25, -0.2) is 0 Å². The van der Waals surface area contributed by atoms with Gasteiger partial charge in [-0.1, -0.05) is 0 Å². The first kappa shape index (κ1) is 14.1. The maximum atomic E-state index is 11.1. The molecular weight excluding hydrogens is 228 g/mol. The lowest BCUT2D eigenvalue weighted by atomic mass is 10.3. The van der Waals surface area contributed by atoms with Gasteiger partial charge in [0.05, 0.1) is 12.7 Å². The topological polar surface area (TPSA) is 61.8 Å². The Bertz CT molecular complexity index is 206. The highest BCUT2D eigenvalue weighted by Crippen LogP contribution is 2.00. The lowest BCUT2D eigenvalue weighted by Crippen LogP contribution is -2.44. The normalized spacial score (nSPS) is 21.1. The van der Waals surface area contributed by atoms with Gasteiger partial charge in [0.1, 0.15) is 0 Å². The molecule has 0 bridgehead atoms. The van der Waals surface area contributed by atoms with Gasteiger partial charge in [-0.15, -0.1) is 0 Å². The van der Waals surface area contributed by atoms with Crippen LogP contribution in [0.5, 0.6) is 0 Å². The summed E-state index contributed by atoms with van der Waals surface area (Å²) in [6, 6.07) is 0. The van der Waals surface area contributed by atoms with Gasteiger partial charge in [-0.2, -0.15) is 0 Å². The quantitative estimate of drug-likeness (QED) is 0.547. The van der Waals surface area contributed by atoms with E-state index in [1.54, 1.807) is 7.11 Å². The van der Waals surface area contributed by atoms with Crippen molar-refractivity contribution in [1.82, 2.24) is 10.2 Å². The zero-order valence-corrected chi connectivity index (χ0v) is 10.7. The Kier molecular flexibility index (Phi) is 7.15. The number of nitrogens with one attached hydrogen (secondary N) is 1. The molecule has 0 aromatic heterocycles. The third-order valence-corrected chi connectivity index (χ3v) is 3.88. The van der Waals surface area contributed by atoms with Crippen LogP contribution < -0.4 is 5.32 Å². The minimum Gasteiger partial charge on any atom is -0.390 e. The van der Waals surface area contributed by atoms with E-state index in [2.05, 4.69) is 10.2 Å². The molecule has 1 unspecified atom stereocenters. The Morgan fingerprint density at radius 1 is 1.50 bits per heavy atom. The van der Waals surface area contributed by atoms with E-state index < -0.39 is 10.8 Å². The van der Waals surface area contributed by atoms with E-state index in [0.717, 1.165) is 31.1 Å². The maximum Gasteiger partial charge on any atom is 0.0791 e. The molecule has 0 saturated carbocycles. The monoisotopic (exact) mass is 250 g/mol. The summed E-state index contributed by atoms with van der Waals surface area (Å²) in [6.07, 6.45) is -0.358. The van der Waals surface area contributed by atoms with Crippen molar-refractivity contribution in [2.75, 3.05) is 57.9 Å². The molecule has 0 aromatic rings. The number of ether oxygens (including phenoxy) is 1. The molecule has 1 aliphatic heterocycles. The Morgan fingerprint density at radius 2 is 2.19 bits per heavy atom. The fourth-order valence-corrected chi connectivity index (χ4v) is 2.79. The molecule has 6 heteroatoms. The number of hydrogen-bond acceptors (Lipinski definition) is 5. The van der Waals surface area contributed by atoms with Gasteiger partial charge in [0.15, 0.2) is 0 Å². The van der Waals surface area contributed by atoms with Crippen molar-refractivity contribution >= 4 is 10.8 Å². The van der Waals surface area contributed by atoms with Gasteiger partial charge < -0.3 is 15.2 Å². The van der Waals surface area contributed by atoms with E-state index in [9.17, 15) is 9.32 Å². The van der Waals surface area contributed by atoms with E-state index in [0.29, 0.717) is 19.7 Å². The fraction of sp³-hybridized carbons (Fsp3) is 1.00. The predicted molar refractivity (Wildman–Crippen MR) is 65.1 cm³/mol. The molecule has 96 valence electrons. The molecule has 1 fully saturated rings. The van der Waals surface area contributed by atoms with Crippen molar-refractivity contribution in [1.29, 1.82) is 0 Å². The largest absolute Gasteiger partial charge is 0.390 e. The smallest absolute Gasteiger partial charge is 0.0791 e. The highest BCUT2D eigenvalue weighted by molar-refractivity contribution is 7.85. The van der Waals surface area contributed by atoms with Crippen LogP contribution in [0.15, 0.2) is 0 Å². The Hall–Kier alpha value is -0.0100. The number of methoxy groups -OCH3 is 1. The van der Waals surface area contributed by atoms with Crippen LogP contribution in [0.25, 0.3) is 0 Å². The van der Waals surface area contributed by atoms with Crippen LogP contribution in [0.2, 0.25) is 0 Å². The minimum atomic E-state index is -0.639. The summed E-state index contributed by atoms with van der Waals surface area (Å²) in [5, 5.41) is 12.9. The third kappa shape index (κ3) is 5.91. The van der Waals surface area contributed by atoms with Crippen molar-refractivity contribution in [3.05, 3.63) is 0 Å². The molecule has 0 radical (unpaired) electrons. The summed E-state index contributed by atoms with van der Waals surface area (Å²) < 4.78 is 16.0. The van der Waals surface area contributed by atoms with Crippen molar-refractivity contribution in [3.63, 3.8) is 0 Å². The van der Waals surface area contributed by atoms with Crippen molar-refractivity contribution in [2.45, 2.75) is 6.10 Å². The zero-order valence-electron chi connectivity index (χ0n) is 9.85. The summed E-state index contributed by atoms with van der Waals surface area (Å²) in [6.45, 7) is 4.34. The average Bonchev–Trinajstić information content (AvgIpc) is 2.28. The molecule has 0 aliphatic carbocycles. The summed E-state index contributed by atoms with van der Waals surface area (Å²) >= 11 is 0. The Morgan fingerprint density at radius 3 is 2.81 bits per heavy atom.